The number of hydrogen-bond donors (Lipinski definition) is 0. The Morgan fingerprint density at radius 3 is 2.86 bits per heavy atom. The van der Waals surface area contributed by atoms with Gasteiger partial charge >= 0.3 is 0 Å². The van der Waals surface area contributed by atoms with Gasteiger partial charge in [0, 0.05) is 23.1 Å². The maximum Gasteiger partial charge on any atom is 0.101 e. The smallest absolute Gasteiger partial charge is 0.101 e. The molecule has 0 aromatic carbocycles. The molecular formula is C19H30N2S. The fraction of sp³-hybridized carbons (Fsp3) is 0.737. The molecule has 3 heteroatoms. The molecule has 1 aliphatic carbocycles. The number of unbranched alkanes of at least 4 members (excludes halogenated alkanes) is 1. The van der Waals surface area contributed by atoms with E-state index < -0.39 is 0 Å². The Balaban J connectivity index is 1.72. The van der Waals surface area contributed by atoms with E-state index in [9.17, 15) is 0 Å². The van der Waals surface area contributed by atoms with Gasteiger partial charge in [-0.25, -0.2) is 4.98 Å². The van der Waals surface area contributed by atoms with Gasteiger partial charge in [-0.1, -0.05) is 38.7 Å². The molecule has 0 amide bonds. The molecule has 0 bridgehead atoms. The van der Waals surface area contributed by atoms with E-state index in [-0.39, 0.29) is 0 Å². The summed E-state index contributed by atoms with van der Waals surface area (Å²) in [7, 11) is 0. The summed E-state index contributed by atoms with van der Waals surface area (Å²) in [5.41, 5.74) is 1.51. The zero-order valence-corrected chi connectivity index (χ0v) is 14.8. The van der Waals surface area contributed by atoms with E-state index in [0.29, 0.717) is 6.04 Å². The van der Waals surface area contributed by atoms with Gasteiger partial charge < -0.3 is 0 Å². The summed E-state index contributed by atoms with van der Waals surface area (Å²) in [5.74, 6) is 0. The van der Waals surface area contributed by atoms with Gasteiger partial charge in [0.25, 0.3) is 0 Å². The largest absolute Gasteiger partial charge is 0.296 e. The topological polar surface area (TPSA) is 16.1 Å². The van der Waals surface area contributed by atoms with E-state index in [1.165, 1.54) is 81.5 Å². The van der Waals surface area contributed by atoms with E-state index >= 15 is 0 Å². The second-order valence-electron chi connectivity index (χ2n) is 6.82. The van der Waals surface area contributed by atoms with E-state index in [4.69, 9.17) is 4.98 Å². The molecule has 3 rings (SSSR count). The van der Waals surface area contributed by atoms with E-state index in [1.807, 2.05) is 6.20 Å². The number of likely N-dealkylation sites (tertiary alicyclic amines) is 1. The summed E-state index contributed by atoms with van der Waals surface area (Å²) in [6, 6.07) is 5.09. The van der Waals surface area contributed by atoms with Crippen molar-refractivity contribution >= 4 is 11.8 Å². The average molecular weight is 319 g/mol. The maximum absolute atomic E-state index is 4.77. The molecule has 1 atom stereocenters. The summed E-state index contributed by atoms with van der Waals surface area (Å²) >= 11 is 2.07. The molecule has 2 heterocycles. The second-order valence-corrected chi connectivity index (χ2v) is 8.11. The summed E-state index contributed by atoms with van der Waals surface area (Å²) in [4.78, 5) is 7.47. The molecule has 1 unspecified atom stereocenters. The van der Waals surface area contributed by atoms with Gasteiger partial charge in [-0.15, -0.1) is 11.8 Å². The predicted molar refractivity (Wildman–Crippen MR) is 95.4 cm³/mol. The van der Waals surface area contributed by atoms with Crippen LogP contribution in [0.1, 0.15) is 76.3 Å². The first-order chi connectivity index (χ1) is 10.9. The Hall–Kier alpha value is -0.540. The van der Waals surface area contributed by atoms with Crippen LogP contribution >= 0.6 is 11.8 Å². The lowest BCUT2D eigenvalue weighted by atomic mass is 10.0. The summed E-state index contributed by atoms with van der Waals surface area (Å²) in [5, 5.41) is 2.12. The van der Waals surface area contributed by atoms with Crippen LogP contribution in [0.3, 0.4) is 0 Å². The van der Waals surface area contributed by atoms with Crippen molar-refractivity contribution in [1.82, 2.24) is 9.88 Å². The second kappa shape index (κ2) is 8.35. The molecule has 1 aliphatic heterocycles. The third-order valence-electron chi connectivity index (χ3n) is 5.15. The molecule has 0 N–H and O–H groups in total. The Kier molecular flexibility index (Phi) is 6.20. The third kappa shape index (κ3) is 4.05. The Bertz CT molecular complexity index is 457. The van der Waals surface area contributed by atoms with Gasteiger partial charge in [0.2, 0.25) is 0 Å². The lowest BCUT2D eigenvalue weighted by molar-refractivity contribution is 0.250. The van der Waals surface area contributed by atoms with Crippen molar-refractivity contribution in [1.29, 1.82) is 0 Å². The highest BCUT2D eigenvalue weighted by molar-refractivity contribution is 7.99. The highest BCUT2D eigenvalue weighted by Gasteiger charge is 2.28. The van der Waals surface area contributed by atoms with Crippen LogP contribution < -0.4 is 0 Å². The van der Waals surface area contributed by atoms with Crippen molar-refractivity contribution in [3.8, 4) is 0 Å². The van der Waals surface area contributed by atoms with Crippen LogP contribution in [-0.4, -0.2) is 28.2 Å². The number of thioether (sulfide) groups is 1. The molecular weight excluding hydrogens is 288 g/mol. The van der Waals surface area contributed by atoms with Crippen molar-refractivity contribution in [2.75, 3.05) is 13.1 Å². The van der Waals surface area contributed by atoms with Crippen LogP contribution in [0.15, 0.2) is 23.4 Å². The van der Waals surface area contributed by atoms with E-state index in [2.05, 4.69) is 35.7 Å². The number of pyridine rings is 1. The quantitative estimate of drug-likeness (QED) is 0.694. The lowest BCUT2D eigenvalue weighted by Crippen LogP contribution is -2.25. The van der Waals surface area contributed by atoms with Gasteiger partial charge in [0.1, 0.15) is 5.03 Å². The minimum atomic E-state index is 0.617. The van der Waals surface area contributed by atoms with E-state index in [0.717, 1.165) is 5.25 Å². The number of aromatic nitrogens is 1. The van der Waals surface area contributed by atoms with Crippen molar-refractivity contribution in [3.63, 3.8) is 0 Å². The number of nitrogens with zero attached hydrogens (tertiary/aromatic N) is 2. The average Bonchev–Trinajstić information content (AvgIpc) is 3.03. The zero-order valence-electron chi connectivity index (χ0n) is 14.0. The first-order valence-electron chi connectivity index (χ1n) is 9.24. The molecule has 2 fully saturated rings. The number of hydrogen-bond acceptors (Lipinski definition) is 3. The normalized spacial score (nSPS) is 24.0. The van der Waals surface area contributed by atoms with Crippen LogP contribution in [0.4, 0.5) is 0 Å². The standard InChI is InChI=1S/C19H30N2S/c1-2-3-14-21-15-8-12-18(21)17-11-7-13-20-19(17)22-16-9-5-4-6-10-16/h7,11,13,16,18H,2-6,8-10,12,14-15H2,1H3. The molecule has 0 radical (unpaired) electrons. The van der Waals surface area contributed by atoms with Crippen LogP contribution in [0.5, 0.6) is 0 Å². The Labute approximate surface area is 140 Å². The summed E-state index contributed by atoms with van der Waals surface area (Å²) in [6.45, 7) is 4.82. The molecule has 1 saturated heterocycles. The number of rotatable bonds is 6. The van der Waals surface area contributed by atoms with Crippen molar-refractivity contribution in [2.45, 2.75) is 81.0 Å². The Morgan fingerprint density at radius 1 is 1.18 bits per heavy atom. The fourth-order valence-corrected chi connectivity index (χ4v) is 5.25. The van der Waals surface area contributed by atoms with Gasteiger partial charge in [-0.3, -0.25) is 4.90 Å². The molecule has 1 aromatic heterocycles. The summed E-state index contributed by atoms with van der Waals surface area (Å²) in [6.07, 6.45) is 14.3. The fourth-order valence-electron chi connectivity index (χ4n) is 3.90. The van der Waals surface area contributed by atoms with Crippen LogP contribution in [0.25, 0.3) is 0 Å². The van der Waals surface area contributed by atoms with E-state index in [1.54, 1.807) is 0 Å². The van der Waals surface area contributed by atoms with Gasteiger partial charge in [0.05, 0.1) is 0 Å². The first kappa shape index (κ1) is 16.3. The molecule has 2 nitrogen and oxygen atoms in total. The molecule has 1 aromatic rings. The Morgan fingerprint density at radius 2 is 2.05 bits per heavy atom. The maximum atomic E-state index is 4.77. The molecule has 1 saturated carbocycles. The van der Waals surface area contributed by atoms with Gasteiger partial charge in [-0.05, 0) is 51.3 Å². The SMILES string of the molecule is CCCCN1CCCC1c1cccnc1SC1CCCCC1. The molecule has 2 aliphatic rings. The van der Waals surface area contributed by atoms with Crippen LogP contribution in [-0.2, 0) is 0 Å². The molecule has 122 valence electrons. The predicted octanol–water partition coefficient (Wildman–Crippen LogP) is 5.44. The summed E-state index contributed by atoms with van der Waals surface area (Å²) < 4.78 is 0. The highest BCUT2D eigenvalue weighted by atomic mass is 32.2. The highest BCUT2D eigenvalue weighted by Crippen LogP contribution is 2.40. The minimum Gasteiger partial charge on any atom is -0.296 e. The van der Waals surface area contributed by atoms with Crippen molar-refractivity contribution < 1.29 is 0 Å². The van der Waals surface area contributed by atoms with Crippen LogP contribution in [0.2, 0.25) is 0 Å². The van der Waals surface area contributed by atoms with Crippen molar-refractivity contribution in [2.24, 2.45) is 0 Å². The third-order valence-corrected chi connectivity index (χ3v) is 6.52. The lowest BCUT2D eigenvalue weighted by Gasteiger charge is -2.27. The first-order valence-corrected chi connectivity index (χ1v) is 10.1. The zero-order chi connectivity index (χ0) is 15.2. The van der Waals surface area contributed by atoms with Gasteiger partial charge in [0.15, 0.2) is 0 Å². The molecule has 0 spiro atoms. The molecule has 22 heavy (non-hydrogen) atoms. The van der Waals surface area contributed by atoms with Crippen molar-refractivity contribution in [3.05, 3.63) is 23.9 Å². The monoisotopic (exact) mass is 318 g/mol. The minimum absolute atomic E-state index is 0.617. The van der Waals surface area contributed by atoms with Crippen LogP contribution in [0, 0.1) is 0 Å². The van der Waals surface area contributed by atoms with Gasteiger partial charge in [-0.2, -0.15) is 0 Å².